The average Bonchev–Trinajstić information content (AvgIpc) is 2.97. The Morgan fingerprint density at radius 2 is 1.85 bits per heavy atom. The highest BCUT2D eigenvalue weighted by molar-refractivity contribution is 6.43. The summed E-state index contributed by atoms with van der Waals surface area (Å²) in [7, 11) is 1.68. The number of nitrogens with one attached hydrogen (secondary N) is 2. The molecule has 9 heteroatoms. The van der Waals surface area contributed by atoms with Crippen LogP contribution in [-0.4, -0.2) is 43.9 Å². The maximum Gasteiger partial charge on any atom is 0.294 e. The fraction of sp³-hybridized carbons (Fsp3) is 0.520. The molecule has 34 heavy (non-hydrogen) atoms. The summed E-state index contributed by atoms with van der Waals surface area (Å²) >= 11 is 5.91. The van der Waals surface area contributed by atoms with E-state index in [4.69, 9.17) is 11.6 Å². The summed E-state index contributed by atoms with van der Waals surface area (Å²) in [5.74, 6) is -0.764. The number of aromatic nitrogens is 2. The molecule has 6 rings (SSSR count). The molecule has 4 bridgehead atoms. The van der Waals surface area contributed by atoms with Crippen molar-refractivity contribution in [1.82, 2.24) is 14.9 Å². The van der Waals surface area contributed by atoms with Gasteiger partial charge in [0.2, 0.25) is 0 Å². The van der Waals surface area contributed by atoms with Crippen molar-refractivity contribution < 1.29 is 19.5 Å². The van der Waals surface area contributed by atoms with Crippen molar-refractivity contribution in [3.05, 3.63) is 46.0 Å². The Hall–Kier alpha value is -2.71. The average molecular weight is 485 g/mol. The molecule has 2 aromatic rings. The number of carbonyl (C=O) groups is 3. The number of hydrogen-bond acceptors (Lipinski definition) is 5. The minimum atomic E-state index is -0.652. The SMILES string of the molecule is Cc1c(C(=O)Nc2ccnc(Cl)c2)c(C)n(C)c1C(=O)C(=O)NC1[C@@H]2CC3C[C@H]1CC(O)(C3)C2. The molecule has 4 aliphatic rings. The van der Waals surface area contributed by atoms with Crippen molar-refractivity contribution in [3.8, 4) is 0 Å². The number of anilines is 1. The minimum absolute atomic E-state index is 0.0887. The fourth-order valence-corrected chi connectivity index (χ4v) is 7.02. The molecule has 5 atom stereocenters. The highest BCUT2D eigenvalue weighted by Gasteiger charge is 2.55. The maximum atomic E-state index is 13.3. The van der Waals surface area contributed by atoms with E-state index in [-0.39, 0.29) is 34.6 Å². The number of pyridine rings is 1. The van der Waals surface area contributed by atoms with Crippen molar-refractivity contribution in [2.45, 2.75) is 57.6 Å². The van der Waals surface area contributed by atoms with Crippen LogP contribution in [0.2, 0.25) is 5.15 Å². The Morgan fingerprint density at radius 3 is 2.47 bits per heavy atom. The van der Waals surface area contributed by atoms with E-state index in [1.165, 1.54) is 12.3 Å². The molecule has 2 aromatic heterocycles. The van der Waals surface area contributed by atoms with Gasteiger partial charge in [-0.1, -0.05) is 11.6 Å². The molecule has 4 saturated carbocycles. The van der Waals surface area contributed by atoms with E-state index in [9.17, 15) is 19.5 Å². The van der Waals surface area contributed by atoms with Crippen LogP contribution in [0.3, 0.4) is 0 Å². The number of amides is 2. The Balaban J connectivity index is 1.35. The third-order valence-electron chi connectivity index (χ3n) is 8.10. The minimum Gasteiger partial charge on any atom is -0.390 e. The van der Waals surface area contributed by atoms with Gasteiger partial charge >= 0.3 is 0 Å². The van der Waals surface area contributed by atoms with Crippen molar-refractivity contribution >= 4 is 34.9 Å². The maximum absolute atomic E-state index is 13.3. The van der Waals surface area contributed by atoms with Crippen LogP contribution in [0.4, 0.5) is 5.69 Å². The van der Waals surface area contributed by atoms with Crippen LogP contribution in [0.5, 0.6) is 0 Å². The third kappa shape index (κ3) is 3.82. The van der Waals surface area contributed by atoms with Crippen molar-refractivity contribution in [3.63, 3.8) is 0 Å². The number of nitrogens with zero attached hydrogens (tertiary/aromatic N) is 2. The number of Topliss-reactive ketones (excluding diaryl/α,β-unsaturated/α-hetero) is 1. The summed E-state index contributed by atoms with van der Waals surface area (Å²) in [6.07, 6.45) is 5.70. The molecule has 4 fully saturated rings. The molecular formula is C25H29ClN4O4. The molecule has 8 nitrogen and oxygen atoms in total. The normalized spacial score (nSPS) is 29.2. The predicted molar refractivity (Wildman–Crippen MR) is 127 cm³/mol. The Labute approximate surface area is 203 Å². The van der Waals surface area contributed by atoms with E-state index in [0.29, 0.717) is 41.3 Å². The van der Waals surface area contributed by atoms with Gasteiger partial charge < -0.3 is 20.3 Å². The summed E-state index contributed by atoms with van der Waals surface area (Å²) < 4.78 is 1.60. The molecule has 0 aromatic carbocycles. The lowest BCUT2D eigenvalue weighted by Crippen LogP contribution is -2.62. The summed E-state index contributed by atoms with van der Waals surface area (Å²) in [5, 5.41) is 16.8. The second-order valence-electron chi connectivity index (χ2n) is 10.3. The van der Waals surface area contributed by atoms with Crippen molar-refractivity contribution in [1.29, 1.82) is 0 Å². The van der Waals surface area contributed by atoms with Gasteiger partial charge in [-0.3, -0.25) is 14.4 Å². The number of hydrogen-bond donors (Lipinski definition) is 3. The van der Waals surface area contributed by atoms with E-state index in [2.05, 4.69) is 15.6 Å². The number of carbonyl (C=O) groups excluding carboxylic acids is 3. The van der Waals surface area contributed by atoms with E-state index in [1.807, 2.05) is 0 Å². The van der Waals surface area contributed by atoms with E-state index in [0.717, 1.165) is 19.3 Å². The lowest BCUT2D eigenvalue weighted by molar-refractivity contribution is -0.144. The van der Waals surface area contributed by atoms with Gasteiger partial charge in [0.05, 0.1) is 16.9 Å². The van der Waals surface area contributed by atoms with E-state index < -0.39 is 17.3 Å². The van der Waals surface area contributed by atoms with Crippen LogP contribution in [0.15, 0.2) is 18.3 Å². The van der Waals surface area contributed by atoms with Gasteiger partial charge in [-0.05, 0) is 81.4 Å². The van der Waals surface area contributed by atoms with Gasteiger partial charge in [0.15, 0.2) is 0 Å². The van der Waals surface area contributed by atoms with Gasteiger partial charge in [-0.25, -0.2) is 4.98 Å². The van der Waals surface area contributed by atoms with Gasteiger partial charge in [0.25, 0.3) is 17.6 Å². The first kappa shape index (κ1) is 23.1. The standard InChI is InChI=1S/C25H29ClN4O4/c1-12-19(23(32)28-17-4-5-27-18(26)8-17)13(2)30(3)21(12)22(31)24(33)29-20-15-6-14-7-16(20)11-25(34,9-14)10-15/h4-5,8,14-16,20,34H,6-7,9-11H2,1-3H3,(H,29,33)(H,27,28,32)/t14?,15-,16+,20?,25?. The second kappa shape index (κ2) is 8.20. The molecule has 4 aliphatic carbocycles. The van der Waals surface area contributed by atoms with Gasteiger partial charge in [0.1, 0.15) is 5.15 Å². The van der Waals surface area contributed by atoms with Crippen LogP contribution in [0, 0.1) is 31.6 Å². The van der Waals surface area contributed by atoms with Crippen LogP contribution < -0.4 is 10.6 Å². The van der Waals surface area contributed by atoms with E-state index >= 15 is 0 Å². The summed E-state index contributed by atoms with van der Waals surface area (Å²) in [6.45, 7) is 3.43. The predicted octanol–water partition coefficient (Wildman–Crippen LogP) is 3.18. The Morgan fingerprint density at radius 1 is 1.18 bits per heavy atom. The summed E-state index contributed by atoms with van der Waals surface area (Å²) in [5.41, 5.74) is 1.48. The Bertz CT molecular complexity index is 1190. The molecule has 2 amide bonds. The van der Waals surface area contributed by atoms with Crippen LogP contribution >= 0.6 is 11.6 Å². The number of aliphatic hydroxyl groups is 1. The first-order valence-corrected chi connectivity index (χ1v) is 12.1. The number of rotatable bonds is 5. The molecule has 3 N–H and O–H groups in total. The van der Waals surface area contributed by atoms with Crippen LogP contribution in [0.25, 0.3) is 0 Å². The van der Waals surface area contributed by atoms with Gasteiger partial charge in [-0.15, -0.1) is 0 Å². The van der Waals surface area contributed by atoms with Crippen molar-refractivity contribution in [2.24, 2.45) is 24.8 Å². The zero-order valence-electron chi connectivity index (χ0n) is 19.5. The number of ketones is 1. The quantitative estimate of drug-likeness (QED) is 0.342. The fourth-order valence-electron chi connectivity index (χ4n) is 6.85. The van der Waals surface area contributed by atoms with Crippen LogP contribution in [-0.2, 0) is 11.8 Å². The van der Waals surface area contributed by atoms with E-state index in [1.54, 1.807) is 31.5 Å². The molecule has 3 unspecified atom stereocenters. The molecule has 180 valence electrons. The lowest BCUT2D eigenvalue weighted by Gasteiger charge is -2.58. The lowest BCUT2D eigenvalue weighted by atomic mass is 9.52. The zero-order valence-corrected chi connectivity index (χ0v) is 20.3. The highest BCUT2D eigenvalue weighted by atomic mass is 35.5. The molecular weight excluding hydrogens is 456 g/mol. The second-order valence-corrected chi connectivity index (χ2v) is 10.7. The van der Waals surface area contributed by atoms with Crippen molar-refractivity contribution in [2.75, 3.05) is 5.32 Å². The van der Waals surface area contributed by atoms with Gasteiger partial charge in [-0.2, -0.15) is 0 Å². The first-order valence-electron chi connectivity index (χ1n) is 11.7. The molecule has 0 spiro atoms. The Kier molecular flexibility index (Phi) is 5.56. The zero-order chi connectivity index (χ0) is 24.4. The summed E-state index contributed by atoms with van der Waals surface area (Å²) in [4.78, 5) is 43.3. The number of halogens is 1. The molecule has 0 aliphatic heterocycles. The first-order chi connectivity index (χ1) is 16.1. The van der Waals surface area contributed by atoms with Gasteiger partial charge in [0, 0.05) is 30.7 Å². The monoisotopic (exact) mass is 484 g/mol. The van der Waals surface area contributed by atoms with Crippen LogP contribution in [0.1, 0.15) is 64.2 Å². The largest absolute Gasteiger partial charge is 0.390 e. The topological polar surface area (TPSA) is 113 Å². The molecule has 0 radical (unpaired) electrons. The molecule has 0 saturated heterocycles. The molecule has 2 heterocycles. The smallest absolute Gasteiger partial charge is 0.294 e. The summed E-state index contributed by atoms with van der Waals surface area (Å²) in [6, 6.07) is 3.07. The highest BCUT2D eigenvalue weighted by Crippen LogP contribution is 2.55. The third-order valence-corrected chi connectivity index (χ3v) is 8.31.